The third kappa shape index (κ3) is 1.95. The van der Waals surface area contributed by atoms with Gasteiger partial charge in [0, 0.05) is 11.3 Å². The topological polar surface area (TPSA) is 38.9 Å². The van der Waals surface area contributed by atoms with Gasteiger partial charge in [0.2, 0.25) is 0 Å². The van der Waals surface area contributed by atoms with Crippen LogP contribution in [-0.2, 0) is 0 Å². The second-order valence-electron chi connectivity index (χ2n) is 4.26. The molecule has 1 aromatic heterocycles. The Kier molecular flexibility index (Phi) is 2.52. The summed E-state index contributed by atoms with van der Waals surface area (Å²) in [5, 5.41) is 0.818. The van der Waals surface area contributed by atoms with E-state index in [-0.39, 0.29) is 5.82 Å². The Morgan fingerprint density at radius 1 is 1.17 bits per heavy atom. The summed E-state index contributed by atoms with van der Waals surface area (Å²) in [7, 11) is 0. The van der Waals surface area contributed by atoms with Crippen LogP contribution in [0.1, 0.15) is 5.56 Å². The molecule has 0 bridgehead atoms. The summed E-state index contributed by atoms with van der Waals surface area (Å²) in [5.41, 5.74) is 9.05. The quantitative estimate of drug-likeness (QED) is 0.670. The Bertz CT molecular complexity index is 713. The number of fused-ring (bicyclic) bond motifs is 1. The molecule has 0 unspecified atom stereocenters. The molecule has 2 nitrogen and oxygen atoms in total. The molecule has 1 heterocycles. The summed E-state index contributed by atoms with van der Waals surface area (Å²) in [6.45, 7) is 1.87. The second-order valence-corrected chi connectivity index (χ2v) is 5.29. The highest BCUT2D eigenvalue weighted by molar-refractivity contribution is 7.21. The lowest BCUT2D eigenvalue weighted by atomic mass is 10.1. The minimum atomic E-state index is -0.233. The lowest BCUT2D eigenvalue weighted by molar-refractivity contribution is 0.627. The molecule has 0 atom stereocenters. The molecule has 0 saturated carbocycles. The minimum Gasteiger partial charge on any atom is -0.399 e. The summed E-state index contributed by atoms with van der Waals surface area (Å²) in [6, 6.07) is 10.6. The summed E-state index contributed by atoms with van der Waals surface area (Å²) in [4.78, 5) is 4.50. The number of benzene rings is 2. The maximum Gasteiger partial charge on any atom is 0.124 e. The van der Waals surface area contributed by atoms with E-state index in [9.17, 15) is 4.39 Å². The highest BCUT2D eigenvalue weighted by Crippen LogP contribution is 2.31. The number of hydrogen-bond acceptors (Lipinski definition) is 3. The molecular weight excluding hydrogens is 247 g/mol. The number of aromatic nitrogens is 1. The van der Waals surface area contributed by atoms with Gasteiger partial charge in [0.05, 0.1) is 10.2 Å². The third-order valence-electron chi connectivity index (χ3n) is 2.70. The van der Waals surface area contributed by atoms with Gasteiger partial charge in [-0.05, 0) is 48.9 Å². The molecule has 18 heavy (non-hydrogen) atoms. The van der Waals surface area contributed by atoms with Gasteiger partial charge in [-0.1, -0.05) is 0 Å². The molecule has 0 saturated heterocycles. The van der Waals surface area contributed by atoms with Crippen molar-refractivity contribution in [2.75, 3.05) is 5.73 Å². The Morgan fingerprint density at radius 3 is 2.78 bits per heavy atom. The first-order valence-electron chi connectivity index (χ1n) is 5.55. The van der Waals surface area contributed by atoms with Gasteiger partial charge in [-0.25, -0.2) is 9.37 Å². The summed E-state index contributed by atoms with van der Waals surface area (Å²) in [5.74, 6) is -0.233. The van der Waals surface area contributed by atoms with Gasteiger partial charge in [0.1, 0.15) is 10.8 Å². The zero-order valence-electron chi connectivity index (χ0n) is 9.77. The number of thiazole rings is 1. The minimum absolute atomic E-state index is 0.233. The molecule has 4 heteroatoms. The van der Waals surface area contributed by atoms with Crippen LogP contribution in [0.25, 0.3) is 20.8 Å². The van der Waals surface area contributed by atoms with E-state index in [4.69, 9.17) is 5.73 Å². The largest absolute Gasteiger partial charge is 0.399 e. The maximum atomic E-state index is 13.4. The van der Waals surface area contributed by atoms with E-state index in [1.165, 1.54) is 23.5 Å². The van der Waals surface area contributed by atoms with Gasteiger partial charge in [-0.15, -0.1) is 11.3 Å². The predicted molar refractivity (Wildman–Crippen MR) is 74.2 cm³/mol. The van der Waals surface area contributed by atoms with Crippen LogP contribution in [0.5, 0.6) is 0 Å². The van der Waals surface area contributed by atoms with Crippen molar-refractivity contribution in [1.82, 2.24) is 4.98 Å². The first-order valence-corrected chi connectivity index (χ1v) is 6.37. The van der Waals surface area contributed by atoms with Gasteiger partial charge in [0.25, 0.3) is 0 Å². The number of hydrogen-bond donors (Lipinski definition) is 1. The van der Waals surface area contributed by atoms with Crippen molar-refractivity contribution in [2.45, 2.75) is 6.92 Å². The average Bonchev–Trinajstić information content (AvgIpc) is 2.70. The van der Waals surface area contributed by atoms with Crippen LogP contribution in [0.4, 0.5) is 10.1 Å². The van der Waals surface area contributed by atoms with Crippen LogP contribution in [0.15, 0.2) is 36.4 Å². The number of nitrogen functional groups attached to an aromatic ring is 1. The number of rotatable bonds is 1. The Balaban J connectivity index is 2.19. The number of nitrogens with two attached hydrogens (primary N) is 1. The molecule has 0 aliphatic carbocycles. The van der Waals surface area contributed by atoms with Gasteiger partial charge < -0.3 is 5.73 Å². The highest BCUT2D eigenvalue weighted by Gasteiger charge is 2.08. The Hall–Kier alpha value is -1.94. The molecule has 90 valence electrons. The van der Waals surface area contributed by atoms with Crippen LogP contribution in [0, 0.1) is 12.7 Å². The van der Waals surface area contributed by atoms with E-state index in [2.05, 4.69) is 4.98 Å². The van der Waals surface area contributed by atoms with Crippen molar-refractivity contribution >= 4 is 27.2 Å². The van der Waals surface area contributed by atoms with Crippen LogP contribution < -0.4 is 5.73 Å². The molecule has 0 fully saturated rings. The molecule has 0 amide bonds. The van der Waals surface area contributed by atoms with Crippen LogP contribution >= 0.6 is 11.3 Å². The van der Waals surface area contributed by atoms with Crippen molar-refractivity contribution in [2.24, 2.45) is 0 Å². The molecule has 0 aliphatic rings. The van der Waals surface area contributed by atoms with Gasteiger partial charge in [0.15, 0.2) is 0 Å². The summed E-state index contributed by atoms with van der Waals surface area (Å²) < 4.78 is 14.4. The molecule has 3 rings (SSSR count). The van der Waals surface area contributed by atoms with E-state index < -0.39 is 0 Å². The second kappa shape index (κ2) is 4.07. The van der Waals surface area contributed by atoms with Gasteiger partial charge in [-0.2, -0.15) is 0 Å². The smallest absolute Gasteiger partial charge is 0.124 e. The van der Waals surface area contributed by atoms with Crippen molar-refractivity contribution < 1.29 is 4.39 Å². The first-order chi connectivity index (χ1) is 8.61. The molecule has 2 aromatic carbocycles. The van der Waals surface area contributed by atoms with Gasteiger partial charge >= 0.3 is 0 Å². The average molecular weight is 258 g/mol. The van der Waals surface area contributed by atoms with Crippen LogP contribution in [0.3, 0.4) is 0 Å². The predicted octanol–water partition coefficient (Wildman–Crippen LogP) is 3.99. The van der Waals surface area contributed by atoms with E-state index in [1.54, 1.807) is 0 Å². The third-order valence-corrected chi connectivity index (χ3v) is 3.77. The van der Waals surface area contributed by atoms with Crippen LogP contribution in [-0.4, -0.2) is 4.98 Å². The lowest BCUT2D eigenvalue weighted by Gasteiger charge is -1.98. The standard InChI is InChI=1S/C14H11FN2S/c1-8-4-9(6-10(15)5-8)14-17-12-3-2-11(16)7-13(12)18-14/h2-7H,16H2,1H3. The van der Waals surface area contributed by atoms with Crippen molar-refractivity contribution in [3.05, 3.63) is 47.8 Å². The molecule has 0 aliphatic heterocycles. The number of nitrogens with zero attached hydrogens (tertiary/aromatic N) is 1. The first kappa shape index (κ1) is 11.2. The fourth-order valence-corrected chi connectivity index (χ4v) is 2.93. The summed E-state index contributed by atoms with van der Waals surface area (Å²) >= 11 is 1.52. The van der Waals surface area contributed by atoms with E-state index in [0.29, 0.717) is 5.69 Å². The summed E-state index contributed by atoms with van der Waals surface area (Å²) in [6.07, 6.45) is 0. The molecule has 0 spiro atoms. The van der Waals surface area contributed by atoms with E-state index in [1.807, 2.05) is 31.2 Å². The normalized spacial score (nSPS) is 11.0. The van der Waals surface area contributed by atoms with Gasteiger partial charge in [-0.3, -0.25) is 0 Å². The SMILES string of the molecule is Cc1cc(F)cc(-c2nc3ccc(N)cc3s2)c1. The van der Waals surface area contributed by atoms with Crippen molar-refractivity contribution in [3.63, 3.8) is 0 Å². The highest BCUT2D eigenvalue weighted by atomic mass is 32.1. The lowest BCUT2D eigenvalue weighted by Crippen LogP contribution is -1.82. The zero-order valence-corrected chi connectivity index (χ0v) is 10.6. The van der Waals surface area contributed by atoms with E-state index >= 15 is 0 Å². The van der Waals surface area contributed by atoms with Crippen molar-refractivity contribution in [1.29, 1.82) is 0 Å². The number of anilines is 1. The van der Waals surface area contributed by atoms with Crippen molar-refractivity contribution in [3.8, 4) is 10.6 Å². The fourth-order valence-electron chi connectivity index (χ4n) is 1.92. The number of halogens is 1. The molecule has 2 N–H and O–H groups in total. The molecule has 3 aromatic rings. The zero-order chi connectivity index (χ0) is 12.7. The molecule has 0 radical (unpaired) electrons. The fraction of sp³-hybridized carbons (Fsp3) is 0.0714. The Labute approximate surface area is 108 Å². The Morgan fingerprint density at radius 2 is 2.00 bits per heavy atom. The molecular formula is C14H11FN2S. The maximum absolute atomic E-state index is 13.4. The monoisotopic (exact) mass is 258 g/mol. The number of aryl methyl sites for hydroxylation is 1. The van der Waals surface area contributed by atoms with E-state index in [0.717, 1.165) is 26.4 Å². The van der Waals surface area contributed by atoms with Crippen LogP contribution in [0.2, 0.25) is 0 Å².